The molecule has 6 nitrogen and oxygen atoms in total. The number of benzene rings is 1. The molecule has 0 aliphatic rings. The average molecular weight is 438 g/mol. The number of aromatic nitrogens is 2. The summed E-state index contributed by atoms with van der Waals surface area (Å²) in [5.41, 5.74) is 0.702. The molecule has 2 rings (SSSR count). The fourth-order valence-corrected chi connectivity index (χ4v) is 4.60. The van der Waals surface area contributed by atoms with Gasteiger partial charge in [0.25, 0.3) is 0 Å². The van der Waals surface area contributed by atoms with Crippen molar-refractivity contribution in [1.82, 2.24) is 10.2 Å². The van der Waals surface area contributed by atoms with Crippen LogP contribution in [0.1, 0.15) is 57.0 Å². The van der Waals surface area contributed by atoms with Crippen molar-refractivity contribution in [3.05, 3.63) is 28.8 Å². The number of anilines is 1. The van der Waals surface area contributed by atoms with E-state index in [9.17, 15) is 0 Å². The van der Waals surface area contributed by atoms with Crippen LogP contribution in [-0.2, 0) is 4.74 Å². The molecule has 8 heteroatoms. The number of nitrogens with zero attached hydrogens (tertiary/aromatic N) is 2. The number of thiocarbonyl (C=S) groups is 1. The van der Waals surface area contributed by atoms with Crippen LogP contribution in [0, 0.1) is 5.92 Å². The van der Waals surface area contributed by atoms with Gasteiger partial charge in [0.05, 0.1) is 32.5 Å². The van der Waals surface area contributed by atoms with Crippen LogP contribution in [0.3, 0.4) is 0 Å². The smallest absolute Gasteiger partial charge is 0.210 e. The minimum Gasteiger partial charge on any atom is -0.496 e. The number of hydrogen-bond donors (Lipinski definition) is 1. The van der Waals surface area contributed by atoms with Gasteiger partial charge in [0, 0.05) is 5.92 Å². The second kappa shape index (κ2) is 11.4. The largest absolute Gasteiger partial charge is 0.496 e. The Kier molecular flexibility index (Phi) is 9.26. The van der Waals surface area contributed by atoms with Gasteiger partial charge in [-0.1, -0.05) is 49.9 Å². The van der Waals surface area contributed by atoms with Crippen molar-refractivity contribution in [2.24, 2.45) is 5.92 Å². The van der Waals surface area contributed by atoms with Gasteiger partial charge in [0.1, 0.15) is 21.5 Å². The first kappa shape index (κ1) is 23.5. The molecule has 29 heavy (non-hydrogen) atoms. The van der Waals surface area contributed by atoms with Crippen LogP contribution in [0.25, 0.3) is 0 Å². The first-order valence-corrected chi connectivity index (χ1v) is 11.1. The van der Waals surface area contributed by atoms with E-state index in [4.69, 9.17) is 26.4 Å². The summed E-state index contributed by atoms with van der Waals surface area (Å²) in [6.45, 7) is 9.23. The van der Waals surface area contributed by atoms with Crippen LogP contribution in [0.15, 0.2) is 18.2 Å². The molecule has 0 aliphatic heterocycles. The second-order valence-corrected chi connectivity index (χ2v) is 8.42. The van der Waals surface area contributed by atoms with E-state index in [0.29, 0.717) is 39.0 Å². The zero-order chi connectivity index (χ0) is 21.4. The maximum atomic E-state index is 5.87. The topological polar surface area (TPSA) is 65.5 Å². The molecule has 0 radical (unpaired) electrons. The van der Waals surface area contributed by atoms with E-state index < -0.39 is 0 Å². The summed E-state index contributed by atoms with van der Waals surface area (Å²) in [7, 11) is 3.22. The minimum atomic E-state index is 0.224. The lowest BCUT2D eigenvalue weighted by Gasteiger charge is -2.24. The molecule has 2 unspecified atom stereocenters. The van der Waals surface area contributed by atoms with Crippen LogP contribution in [0.5, 0.6) is 11.5 Å². The zero-order valence-corrected chi connectivity index (χ0v) is 19.7. The first-order valence-electron chi connectivity index (χ1n) is 9.92. The van der Waals surface area contributed by atoms with Crippen molar-refractivity contribution in [3.8, 4) is 11.5 Å². The molecule has 0 spiro atoms. The summed E-state index contributed by atoms with van der Waals surface area (Å²) >= 11 is 7.14. The van der Waals surface area contributed by atoms with E-state index in [2.05, 4.69) is 43.2 Å². The standard InChI is InChI=1S/C21H31N3O3S2/c1-7-14(12-27-13(3)4)15(8-2)20-23-24-21(29-20)22-19(28)18-16(25-5)10-9-11-17(18)26-6/h9-11,13-15H,7-8,12H2,1-6H3,(H,22,24,28). The predicted octanol–water partition coefficient (Wildman–Crippen LogP) is 5.29. The summed E-state index contributed by atoms with van der Waals surface area (Å²) in [4.78, 5) is 0.491. The summed E-state index contributed by atoms with van der Waals surface area (Å²) in [6, 6.07) is 5.57. The number of hydrogen-bond acceptors (Lipinski definition) is 7. The molecule has 1 aromatic heterocycles. The third-order valence-electron chi connectivity index (χ3n) is 4.81. The van der Waals surface area contributed by atoms with Crippen LogP contribution < -0.4 is 14.8 Å². The van der Waals surface area contributed by atoms with Gasteiger partial charge in [-0.3, -0.25) is 0 Å². The van der Waals surface area contributed by atoms with Gasteiger partial charge in [-0.15, -0.1) is 10.2 Å². The molecular formula is C21H31N3O3S2. The molecule has 0 amide bonds. The average Bonchev–Trinajstić information content (AvgIpc) is 3.17. The minimum absolute atomic E-state index is 0.224. The third kappa shape index (κ3) is 6.10. The SMILES string of the molecule is CCC(COC(C)C)C(CC)c1nnc(NC(=S)c2c(OC)cccc2OC)s1. The molecule has 0 fully saturated rings. The van der Waals surface area contributed by atoms with Gasteiger partial charge in [-0.25, -0.2) is 0 Å². The lowest BCUT2D eigenvalue weighted by atomic mass is 9.89. The van der Waals surface area contributed by atoms with Crippen LogP contribution in [0.4, 0.5) is 5.13 Å². The van der Waals surface area contributed by atoms with Gasteiger partial charge in [-0.2, -0.15) is 0 Å². The predicted molar refractivity (Wildman–Crippen MR) is 123 cm³/mol. The zero-order valence-electron chi connectivity index (χ0n) is 18.0. The van der Waals surface area contributed by atoms with E-state index in [1.165, 1.54) is 11.3 Å². The first-order chi connectivity index (χ1) is 13.9. The monoisotopic (exact) mass is 437 g/mol. The highest BCUT2D eigenvalue weighted by atomic mass is 32.1. The molecule has 0 saturated heterocycles. The van der Waals surface area contributed by atoms with Gasteiger partial charge in [0.2, 0.25) is 5.13 Å². The highest BCUT2D eigenvalue weighted by Gasteiger charge is 2.25. The highest BCUT2D eigenvalue weighted by Crippen LogP contribution is 2.35. The van der Waals surface area contributed by atoms with Gasteiger partial charge in [0.15, 0.2) is 0 Å². The number of ether oxygens (including phenoxy) is 3. The summed E-state index contributed by atoms with van der Waals surface area (Å²) in [5, 5.41) is 13.6. The molecule has 1 aromatic carbocycles. The fraction of sp³-hybridized carbons (Fsp3) is 0.571. The molecular weight excluding hydrogens is 406 g/mol. The van der Waals surface area contributed by atoms with Crippen LogP contribution in [0.2, 0.25) is 0 Å². The molecule has 1 N–H and O–H groups in total. The van der Waals surface area contributed by atoms with Crippen molar-refractivity contribution < 1.29 is 14.2 Å². The number of methoxy groups -OCH3 is 2. The van der Waals surface area contributed by atoms with Gasteiger partial charge < -0.3 is 19.5 Å². The fourth-order valence-electron chi connectivity index (χ4n) is 3.21. The lowest BCUT2D eigenvalue weighted by molar-refractivity contribution is 0.0422. The Bertz CT molecular complexity index is 773. The molecule has 2 atom stereocenters. The molecule has 1 heterocycles. The third-order valence-corrected chi connectivity index (χ3v) is 6.09. The Balaban J connectivity index is 2.18. The van der Waals surface area contributed by atoms with Crippen molar-refractivity contribution in [1.29, 1.82) is 0 Å². The van der Waals surface area contributed by atoms with E-state index in [1.54, 1.807) is 14.2 Å². The Hall–Kier alpha value is -1.77. The normalized spacial score (nSPS) is 13.2. The van der Waals surface area contributed by atoms with Crippen molar-refractivity contribution in [2.75, 3.05) is 26.1 Å². The number of rotatable bonds is 11. The maximum Gasteiger partial charge on any atom is 0.210 e. The molecule has 160 valence electrons. The summed E-state index contributed by atoms with van der Waals surface area (Å²) in [6.07, 6.45) is 2.24. The van der Waals surface area contributed by atoms with E-state index >= 15 is 0 Å². The molecule has 0 aliphatic carbocycles. The Labute approximate surface area is 183 Å². The summed E-state index contributed by atoms with van der Waals surface area (Å²) < 4.78 is 16.8. The summed E-state index contributed by atoms with van der Waals surface area (Å²) in [5.74, 6) is 2.01. The Morgan fingerprint density at radius 2 is 1.76 bits per heavy atom. The highest BCUT2D eigenvalue weighted by molar-refractivity contribution is 7.81. The molecule has 2 aromatic rings. The second-order valence-electron chi connectivity index (χ2n) is 7.00. The van der Waals surface area contributed by atoms with E-state index in [1.807, 2.05) is 18.2 Å². The van der Waals surface area contributed by atoms with E-state index in [0.717, 1.165) is 24.5 Å². The van der Waals surface area contributed by atoms with Crippen molar-refractivity contribution >= 4 is 33.7 Å². The van der Waals surface area contributed by atoms with Crippen molar-refractivity contribution in [2.45, 2.75) is 52.6 Å². The quantitative estimate of drug-likeness (QED) is 0.479. The van der Waals surface area contributed by atoms with Crippen LogP contribution >= 0.6 is 23.6 Å². The van der Waals surface area contributed by atoms with Gasteiger partial charge in [-0.05, 0) is 38.3 Å². The Morgan fingerprint density at radius 3 is 2.28 bits per heavy atom. The molecule has 0 bridgehead atoms. The van der Waals surface area contributed by atoms with E-state index in [-0.39, 0.29) is 6.10 Å². The van der Waals surface area contributed by atoms with Crippen molar-refractivity contribution in [3.63, 3.8) is 0 Å². The van der Waals surface area contributed by atoms with Crippen LogP contribution in [-0.4, -0.2) is 42.1 Å². The lowest BCUT2D eigenvalue weighted by Crippen LogP contribution is -2.20. The maximum absolute atomic E-state index is 5.87. The molecule has 0 saturated carbocycles. The van der Waals surface area contributed by atoms with Gasteiger partial charge >= 0.3 is 0 Å². The Morgan fingerprint density at radius 1 is 1.10 bits per heavy atom. The number of nitrogens with one attached hydrogen (secondary N) is 1.